The molecule has 0 aromatic heterocycles. The quantitative estimate of drug-likeness (QED) is 0.278. The summed E-state index contributed by atoms with van der Waals surface area (Å²) in [6.45, 7) is 0. The number of para-hydroxylation sites is 3. The Balaban J connectivity index is 0.000000260. The molecule has 4 aromatic carbocycles. The molecule has 9 nitrogen and oxygen atoms in total. The molecule has 0 amide bonds. The van der Waals surface area contributed by atoms with Crippen LogP contribution in [0.25, 0.3) is 0 Å². The van der Waals surface area contributed by atoms with Crippen molar-refractivity contribution in [3.63, 3.8) is 0 Å². The van der Waals surface area contributed by atoms with Crippen molar-refractivity contribution in [2.45, 2.75) is 4.44 Å². The van der Waals surface area contributed by atoms with Crippen LogP contribution in [0.1, 0.15) is 36.6 Å². The summed E-state index contributed by atoms with van der Waals surface area (Å²) < 4.78 is 1.10. The molecule has 0 fully saturated rings. The molecule has 0 spiro atoms. The van der Waals surface area contributed by atoms with Crippen molar-refractivity contribution in [1.29, 1.82) is 0 Å². The predicted molar refractivity (Wildman–Crippen MR) is 139 cm³/mol. The van der Waals surface area contributed by atoms with E-state index >= 15 is 0 Å². The molecular weight excluding hydrogens is 634 g/mol. The fourth-order valence-corrected chi connectivity index (χ4v) is 3.97. The number of carboxylic acid groups (broad SMARTS) is 3. The number of rotatable bonds is 4. The van der Waals surface area contributed by atoms with Gasteiger partial charge in [-0.2, -0.15) is 0 Å². The molecule has 0 atom stereocenters. The molecule has 3 N–H and O–H groups in total. The van der Waals surface area contributed by atoms with Crippen LogP contribution >= 0.6 is 11.6 Å². The van der Waals surface area contributed by atoms with E-state index in [9.17, 15) is 29.7 Å². The van der Waals surface area contributed by atoms with Crippen LogP contribution in [0.5, 0.6) is 17.2 Å². The monoisotopic (exact) mass is 656 g/mol. The first kappa shape index (κ1) is 32.8. The molecule has 4 rings (SSSR count). The zero-order valence-electron chi connectivity index (χ0n) is 20.1. The Morgan fingerprint density at radius 3 is 1.05 bits per heavy atom. The maximum absolute atomic E-state index is 10.7. The molecule has 0 saturated heterocycles. The zero-order chi connectivity index (χ0) is 29.4. The minimum Gasteiger partial charge on any atom is -0.872 e. The number of carboxylic acids is 3. The van der Waals surface area contributed by atoms with Crippen molar-refractivity contribution in [2.24, 2.45) is 0 Å². The van der Waals surface area contributed by atoms with Gasteiger partial charge in [0.05, 0.1) is 16.7 Å². The smallest absolute Gasteiger partial charge is 0.335 e. The minimum absolute atomic E-state index is 0.178. The van der Waals surface area contributed by atoms with Crippen molar-refractivity contribution in [2.75, 3.05) is 0 Å². The molecule has 39 heavy (non-hydrogen) atoms. The van der Waals surface area contributed by atoms with Gasteiger partial charge in [-0.25, -0.2) is 14.4 Å². The van der Waals surface area contributed by atoms with E-state index in [1.807, 2.05) is 18.2 Å². The SMILES string of the molecule is Clc1ccccc1[CH2][Sn+3].O=C(O)c1ccccc1[O-].O=C(O)c1ccccc1[O-].O=C(O)c1ccccc1[O-]. The van der Waals surface area contributed by atoms with Crippen LogP contribution in [0.15, 0.2) is 97.1 Å². The fourth-order valence-electron chi connectivity index (χ4n) is 2.57. The molecule has 198 valence electrons. The molecular formula is C28H21ClO9Sn. The maximum Gasteiger partial charge on any atom is 0.335 e. The molecule has 0 bridgehead atoms. The number of hydrogen-bond donors (Lipinski definition) is 3. The Kier molecular flexibility index (Phi) is 14.6. The van der Waals surface area contributed by atoms with E-state index in [1.54, 1.807) is 0 Å². The van der Waals surface area contributed by atoms with E-state index in [4.69, 9.17) is 26.9 Å². The Bertz CT molecular complexity index is 1260. The Labute approximate surface area is 242 Å². The summed E-state index contributed by atoms with van der Waals surface area (Å²) in [5.74, 6) is -4.87. The van der Waals surface area contributed by atoms with Crippen molar-refractivity contribution in [3.05, 3.63) is 124 Å². The van der Waals surface area contributed by atoms with E-state index < -0.39 is 35.2 Å². The first-order valence-corrected chi connectivity index (χ1v) is 13.2. The van der Waals surface area contributed by atoms with E-state index in [0.717, 1.165) is 9.46 Å². The number of benzene rings is 4. The van der Waals surface area contributed by atoms with Crippen LogP contribution in [0.2, 0.25) is 5.02 Å². The fraction of sp³-hybridized carbons (Fsp3) is 0.0357. The third kappa shape index (κ3) is 11.8. The van der Waals surface area contributed by atoms with Crippen LogP contribution in [0.3, 0.4) is 0 Å². The largest absolute Gasteiger partial charge is 0.872 e. The van der Waals surface area contributed by atoms with Crippen molar-refractivity contribution >= 4 is 52.0 Å². The van der Waals surface area contributed by atoms with E-state index in [2.05, 4.69) is 6.07 Å². The molecule has 0 aliphatic rings. The van der Waals surface area contributed by atoms with Gasteiger partial charge >= 0.3 is 91.3 Å². The van der Waals surface area contributed by atoms with E-state index in [-0.39, 0.29) is 16.7 Å². The second-order valence-electron chi connectivity index (χ2n) is 7.17. The predicted octanol–water partition coefficient (Wildman–Crippen LogP) is 3.38. The van der Waals surface area contributed by atoms with E-state index in [1.165, 1.54) is 101 Å². The summed E-state index contributed by atoms with van der Waals surface area (Å²) in [6.07, 6.45) is 0. The Morgan fingerprint density at radius 2 is 0.846 bits per heavy atom. The van der Waals surface area contributed by atoms with Gasteiger partial charge in [-0.1, -0.05) is 71.8 Å². The molecule has 11 heteroatoms. The summed E-state index contributed by atoms with van der Waals surface area (Å²) in [7, 11) is 0. The molecule has 0 saturated carbocycles. The van der Waals surface area contributed by atoms with Crippen LogP contribution in [0.4, 0.5) is 0 Å². The minimum atomic E-state index is -1.18. The standard InChI is InChI=1S/C7H6Cl.3C7H6O3.Sn/c1-6-4-2-3-5-7(6)8;3*8-6-4-2-1-3-5(6)7(9)10;/h2-5H,1H2;3*1-4,8H,(H,9,10);/q;;;;+3/p-3. The van der Waals surface area contributed by atoms with Gasteiger partial charge in [-0.15, -0.1) is 0 Å². The molecule has 0 aliphatic carbocycles. The van der Waals surface area contributed by atoms with Crippen molar-refractivity contribution in [3.8, 4) is 17.2 Å². The normalized spacial score (nSPS) is 9.31. The first-order chi connectivity index (χ1) is 18.5. The molecule has 0 unspecified atom stereocenters. The van der Waals surface area contributed by atoms with Gasteiger partial charge in [0, 0.05) is 0 Å². The van der Waals surface area contributed by atoms with Gasteiger partial charge in [0.25, 0.3) is 0 Å². The number of aromatic carboxylic acids is 3. The van der Waals surface area contributed by atoms with Gasteiger partial charge in [0.2, 0.25) is 0 Å². The van der Waals surface area contributed by atoms with Gasteiger partial charge in [0.1, 0.15) is 0 Å². The van der Waals surface area contributed by atoms with E-state index in [0.29, 0.717) is 0 Å². The Hall–Kier alpha value is -4.22. The molecule has 0 heterocycles. The average Bonchev–Trinajstić information content (AvgIpc) is 2.90. The third-order valence-electron chi connectivity index (χ3n) is 4.50. The second kappa shape index (κ2) is 17.3. The zero-order valence-corrected chi connectivity index (χ0v) is 23.7. The first-order valence-electron chi connectivity index (χ1n) is 10.9. The molecule has 0 aliphatic heterocycles. The summed E-state index contributed by atoms with van der Waals surface area (Å²) >= 11 is 7.35. The molecule has 0 radical (unpaired) electrons. The number of halogens is 1. The van der Waals surface area contributed by atoms with Crippen molar-refractivity contribution in [1.82, 2.24) is 0 Å². The van der Waals surface area contributed by atoms with Gasteiger partial charge in [-0.3, -0.25) is 0 Å². The molecule has 4 aromatic rings. The van der Waals surface area contributed by atoms with Crippen LogP contribution < -0.4 is 15.3 Å². The maximum atomic E-state index is 10.7. The van der Waals surface area contributed by atoms with Crippen molar-refractivity contribution < 1.29 is 45.0 Å². The summed E-state index contributed by atoms with van der Waals surface area (Å²) in [4.78, 5) is 30.7. The van der Waals surface area contributed by atoms with Gasteiger partial charge in [-0.05, 0) is 18.2 Å². The topological polar surface area (TPSA) is 181 Å². The third-order valence-corrected chi connectivity index (χ3v) is 5.96. The summed E-state index contributed by atoms with van der Waals surface area (Å²) in [5, 5.41) is 58.0. The Morgan fingerprint density at radius 1 is 0.564 bits per heavy atom. The average molecular weight is 656 g/mol. The van der Waals surface area contributed by atoms with Crippen LogP contribution in [-0.4, -0.2) is 55.8 Å². The summed E-state index contributed by atoms with van der Waals surface area (Å²) in [6, 6.07) is 24.6. The van der Waals surface area contributed by atoms with Gasteiger partial charge < -0.3 is 30.6 Å². The number of hydrogen-bond acceptors (Lipinski definition) is 6. The van der Waals surface area contributed by atoms with Crippen LogP contribution in [-0.2, 0) is 4.44 Å². The van der Waals surface area contributed by atoms with Gasteiger partial charge in [0.15, 0.2) is 0 Å². The van der Waals surface area contributed by atoms with Crippen LogP contribution in [0, 0.1) is 0 Å². The number of carbonyl (C=O) groups is 3. The second-order valence-corrected chi connectivity index (χ2v) is 8.59. The summed E-state index contributed by atoms with van der Waals surface area (Å²) in [5.41, 5.74) is 0.727.